The van der Waals surface area contributed by atoms with Crippen LogP contribution in [0.5, 0.6) is 5.75 Å². The summed E-state index contributed by atoms with van der Waals surface area (Å²) in [5.41, 5.74) is -0.603. The van der Waals surface area contributed by atoms with E-state index in [0.717, 1.165) is 38.2 Å². The first-order valence-electron chi connectivity index (χ1n) is 7.65. The predicted octanol–water partition coefficient (Wildman–Crippen LogP) is 2.16. The highest BCUT2D eigenvalue weighted by molar-refractivity contribution is 6.30. The molecule has 1 fully saturated rings. The van der Waals surface area contributed by atoms with Gasteiger partial charge in [-0.15, -0.1) is 0 Å². The number of likely N-dealkylation sites (N-methyl/N-ethyl adjacent to an activating group) is 1. The van der Waals surface area contributed by atoms with Crippen LogP contribution in [-0.2, 0) is 0 Å². The summed E-state index contributed by atoms with van der Waals surface area (Å²) in [4.78, 5) is 2.24. The molecule has 0 amide bonds. The minimum absolute atomic E-state index is 0.603. The molecular weight excluding hydrogens is 288 g/mol. The fourth-order valence-electron chi connectivity index (χ4n) is 2.68. The summed E-state index contributed by atoms with van der Waals surface area (Å²) in [6, 6.07) is 7.39. The summed E-state index contributed by atoms with van der Waals surface area (Å²) in [5, 5.41) is 14.5. The molecule has 1 aromatic rings. The highest BCUT2D eigenvalue weighted by Crippen LogP contribution is 2.18. The van der Waals surface area contributed by atoms with Crippen molar-refractivity contribution in [3.05, 3.63) is 29.3 Å². The first-order chi connectivity index (χ1) is 10.1. The number of hydrogen-bond acceptors (Lipinski definition) is 4. The van der Waals surface area contributed by atoms with Gasteiger partial charge in [0.25, 0.3) is 0 Å². The number of β-amino-alcohol motifs (C(OH)–C–C–N with tert-alkyl or cyclic N) is 1. The summed E-state index contributed by atoms with van der Waals surface area (Å²) in [7, 11) is 0. The standard InChI is InChI=1S/C16H25ClN2O2/c1-2-19(13-16(20)8-3-9-18-12-16)10-11-21-15-6-4-14(17)5-7-15/h4-7,18,20H,2-3,8-13H2,1H3. The number of nitrogens with zero attached hydrogens (tertiary/aromatic N) is 1. The van der Waals surface area contributed by atoms with Crippen LogP contribution in [0.15, 0.2) is 24.3 Å². The molecule has 2 rings (SSSR count). The molecule has 118 valence electrons. The van der Waals surface area contributed by atoms with E-state index in [1.54, 1.807) is 0 Å². The van der Waals surface area contributed by atoms with Crippen LogP contribution in [0.4, 0.5) is 0 Å². The van der Waals surface area contributed by atoms with E-state index in [1.165, 1.54) is 0 Å². The quantitative estimate of drug-likeness (QED) is 0.810. The van der Waals surface area contributed by atoms with E-state index in [9.17, 15) is 5.11 Å². The van der Waals surface area contributed by atoms with Crippen LogP contribution in [0.2, 0.25) is 5.02 Å². The van der Waals surface area contributed by atoms with Crippen molar-refractivity contribution in [1.82, 2.24) is 10.2 Å². The average Bonchev–Trinajstić information content (AvgIpc) is 2.49. The van der Waals surface area contributed by atoms with Crippen LogP contribution < -0.4 is 10.1 Å². The third kappa shape index (κ3) is 5.47. The van der Waals surface area contributed by atoms with Gasteiger partial charge in [0.05, 0.1) is 5.60 Å². The van der Waals surface area contributed by atoms with Crippen molar-refractivity contribution in [2.24, 2.45) is 0 Å². The lowest BCUT2D eigenvalue weighted by Crippen LogP contribution is -2.53. The fraction of sp³-hybridized carbons (Fsp3) is 0.625. The van der Waals surface area contributed by atoms with Crippen molar-refractivity contribution < 1.29 is 9.84 Å². The van der Waals surface area contributed by atoms with E-state index in [-0.39, 0.29) is 0 Å². The summed E-state index contributed by atoms with van der Waals surface area (Å²) in [6.45, 7) is 6.82. The number of hydrogen-bond donors (Lipinski definition) is 2. The van der Waals surface area contributed by atoms with E-state index in [1.807, 2.05) is 24.3 Å². The number of piperidine rings is 1. The molecule has 0 saturated carbocycles. The number of ether oxygens (including phenoxy) is 1. The van der Waals surface area contributed by atoms with Crippen molar-refractivity contribution in [3.63, 3.8) is 0 Å². The number of nitrogens with one attached hydrogen (secondary N) is 1. The van der Waals surface area contributed by atoms with Gasteiger partial charge in [-0.25, -0.2) is 0 Å². The zero-order chi connectivity index (χ0) is 15.1. The first-order valence-corrected chi connectivity index (χ1v) is 8.03. The van der Waals surface area contributed by atoms with Gasteiger partial charge in [0.2, 0.25) is 0 Å². The molecule has 4 nitrogen and oxygen atoms in total. The Bertz CT molecular complexity index is 419. The summed E-state index contributed by atoms with van der Waals surface area (Å²) in [6.07, 6.45) is 1.91. The van der Waals surface area contributed by atoms with Gasteiger partial charge in [-0.2, -0.15) is 0 Å². The Kier molecular flexibility index (Phi) is 6.30. The largest absolute Gasteiger partial charge is 0.492 e. The smallest absolute Gasteiger partial charge is 0.119 e. The van der Waals surface area contributed by atoms with Crippen molar-refractivity contribution in [1.29, 1.82) is 0 Å². The lowest BCUT2D eigenvalue weighted by molar-refractivity contribution is -0.0163. The minimum Gasteiger partial charge on any atom is -0.492 e. The Balaban J connectivity index is 1.75. The van der Waals surface area contributed by atoms with Crippen molar-refractivity contribution >= 4 is 11.6 Å². The molecule has 0 aromatic heterocycles. The van der Waals surface area contributed by atoms with Crippen LogP contribution in [0.3, 0.4) is 0 Å². The molecule has 0 bridgehead atoms. The zero-order valence-corrected chi connectivity index (χ0v) is 13.4. The molecule has 21 heavy (non-hydrogen) atoms. The van der Waals surface area contributed by atoms with Crippen LogP contribution in [-0.4, -0.2) is 54.9 Å². The van der Waals surface area contributed by atoms with E-state index in [4.69, 9.17) is 16.3 Å². The molecule has 5 heteroatoms. The van der Waals surface area contributed by atoms with Crippen molar-refractivity contribution in [3.8, 4) is 5.75 Å². The monoisotopic (exact) mass is 312 g/mol. The van der Waals surface area contributed by atoms with Gasteiger partial charge in [0.15, 0.2) is 0 Å². The third-order valence-corrected chi connectivity index (χ3v) is 4.16. The Morgan fingerprint density at radius 3 is 2.76 bits per heavy atom. The lowest BCUT2D eigenvalue weighted by Gasteiger charge is -2.37. The molecule has 2 N–H and O–H groups in total. The summed E-state index contributed by atoms with van der Waals surface area (Å²) >= 11 is 5.84. The van der Waals surface area contributed by atoms with E-state index >= 15 is 0 Å². The molecule has 1 aliphatic rings. The molecule has 1 atom stereocenters. The number of aliphatic hydroxyl groups is 1. The van der Waals surface area contributed by atoms with Crippen molar-refractivity contribution in [2.45, 2.75) is 25.4 Å². The second kappa shape index (κ2) is 7.99. The van der Waals surface area contributed by atoms with Crippen LogP contribution in [0.25, 0.3) is 0 Å². The van der Waals surface area contributed by atoms with Gasteiger partial charge >= 0.3 is 0 Å². The predicted molar refractivity (Wildman–Crippen MR) is 86.1 cm³/mol. The molecular formula is C16H25ClN2O2. The Hall–Kier alpha value is -0.810. The molecule has 1 heterocycles. The van der Waals surface area contributed by atoms with Crippen LogP contribution in [0.1, 0.15) is 19.8 Å². The van der Waals surface area contributed by atoms with Crippen LogP contribution in [0, 0.1) is 0 Å². The highest BCUT2D eigenvalue weighted by atomic mass is 35.5. The maximum Gasteiger partial charge on any atom is 0.119 e. The SMILES string of the molecule is CCN(CCOc1ccc(Cl)cc1)CC1(O)CCCNC1. The molecule has 0 spiro atoms. The van der Waals surface area contributed by atoms with Gasteiger partial charge in [-0.3, -0.25) is 4.90 Å². The topological polar surface area (TPSA) is 44.7 Å². The first kappa shape index (κ1) is 16.6. The Morgan fingerprint density at radius 2 is 2.14 bits per heavy atom. The maximum absolute atomic E-state index is 10.6. The normalized spacial score (nSPS) is 22.5. The summed E-state index contributed by atoms with van der Waals surface area (Å²) in [5.74, 6) is 0.827. The summed E-state index contributed by atoms with van der Waals surface area (Å²) < 4.78 is 5.72. The third-order valence-electron chi connectivity index (χ3n) is 3.90. The van der Waals surface area contributed by atoms with Crippen molar-refractivity contribution in [2.75, 3.05) is 39.3 Å². The molecule has 1 saturated heterocycles. The molecule has 0 aliphatic carbocycles. The molecule has 1 aromatic carbocycles. The van der Waals surface area contributed by atoms with Gasteiger partial charge < -0.3 is 15.2 Å². The average molecular weight is 313 g/mol. The van der Waals surface area contributed by atoms with Gasteiger partial charge in [0, 0.05) is 24.7 Å². The fourth-order valence-corrected chi connectivity index (χ4v) is 2.80. The second-order valence-electron chi connectivity index (χ2n) is 5.68. The van der Waals surface area contributed by atoms with Gasteiger partial charge in [-0.1, -0.05) is 18.5 Å². The lowest BCUT2D eigenvalue weighted by atomic mass is 9.93. The molecule has 1 unspecified atom stereocenters. The number of benzene rings is 1. The molecule has 0 radical (unpaired) electrons. The van der Waals surface area contributed by atoms with Gasteiger partial charge in [0.1, 0.15) is 12.4 Å². The Labute approximate surface area is 132 Å². The zero-order valence-electron chi connectivity index (χ0n) is 12.6. The maximum atomic E-state index is 10.6. The number of rotatable bonds is 7. The second-order valence-corrected chi connectivity index (χ2v) is 6.11. The highest BCUT2D eigenvalue weighted by Gasteiger charge is 2.30. The number of halogens is 1. The van der Waals surface area contributed by atoms with E-state index < -0.39 is 5.60 Å². The minimum atomic E-state index is -0.603. The van der Waals surface area contributed by atoms with E-state index in [2.05, 4.69) is 17.1 Å². The van der Waals surface area contributed by atoms with E-state index in [0.29, 0.717) is 24.7 Å². The van der Waals surface area contributed by atoms with Crippen LogP contribution >= 0.6 is 11.6 Å². The Morgan fingerprint density at radius 1 is 1.38 bits per heavy atom. The molecule has 1 aliphatic heterocycles. The van der Waals surface area contributed by atoms with Gasteiger partial charge in [-0.05, 0) is 50.2 Å².